The van der Waals surface area contributed by atoms with Crippen LogP contribution in [-0.4, -0.2) is 68.3 Å². The van der Waals surface area contributed by atoms with Gasteiger partial charge in [-0.2, -0.15) is 0 Å². The maximum Gasteiger partial charge on any atom is 0.227 e. The monoisotopic (exact) mass is 386 g/mol. The van der Waals surface area contributed by atoms with Crippen molar-refractivity contribution in [1.82, 2.24) is 4.90 Å². The van der Waals surface area contributed by atoms with Gasteiger partial charge in [0, 0.05) is 56.1 Å². The highest BCUT2D eigenvalue weighted by Crippen LogP contribution is 2.30. The number of piperidine rings is 1. The zero-order valence-electron chi connectivity index (χ0n) is 17.1. The number of anilines is 2. The molecule has 4 rings (SSSR count). The number of morpholine rings is 1. The molecule has 0 aliphatic carbocycles. The second kappa shape index (κ2) is 8.80. The summed E-state index contributed by atoms with van der Waals surface area (Å²) in [6.45, 7) is 7.91. The highest BCUT2D eigenvalue weighted by atomic mass is 16.5. The Morgan fingerprint density at radius 2 is 1.79 bits per heavy atom. The minimum absolute atomic E-state index is 0.250. The average molecular weight is 387 g/mol. The molecule has 3 saturated heterocycles. The molecule has 3 aliphatic heterocycles. The van der Waals surface area contributed by atoms with Crippen LogP contribution in [-0.2, 0) is 9.53 Å². The number of carbonyl (C=O) groups is 1. The SMILES string of the molecule is CC1CCC(=O)N1c1ccc(N2CCC(N3CCOC(CCN)C3)CC2)cc1. The summed E-state index contributed by atoms with van der Waals surface area (Å²) in [4.78, 5) is 19.2. The van der Waals surface area contributed by atoms with Gasteiger partial charge in [-0.1, -0.05) is 0 Å². The Morgan fingerprint density at radius 3 is 2.43 bits per heavy atom. The molecule has 2 N–H and O–H groups in total. The van der Waals surface area contributed by atoms with Crippen LogP contribution >= 0.6 is 0 Å². The van der Waals surface area contributed by atoms with Crippen molar-refractivity contribution in [1.29, 1.82) is 0 Å². The fraction of sp³-hybridized carbons (Fsp3) is 0.682. The Hall–Kier alpha value is -1.63. The first-order valence-corrected chi connectivity index (χ1v) is 10.9. The van der Waals surface area contributed by atoms with Gasteiger partial charge in [-0.3, -0.25) is 9.69 Å². The van der Waals surface area contributed by atoms with E-state index >= 15 is 0 Å². The van der Waals surface area contributed by atoms with Gasteiger partial charge in [0.2, 0.25) is 5.91 Å². The van der Waals surface area contributed by atoms with Gasteiger partial charge in [0.15, 0.2) is 0 Å². The first-order valence-electron chi connectivity index (χ1n) is 10.9. The molecule has 154 valence electrons. The standard InChI is InChI=1S/C22H34N4O2/c1-17-2-7-22(27)26(17)20-5-3-18(4-6-20)24-12-9-19(10-13-24)25-14-15-28-21(16-25)8-11-23/h3-6,17,19,21H,2,7-16,23H2,1H3. The summed E-state index contributed by atoms with van der Waals surface area (Å²) in [6, 6.07) is 9.55. The van der Waals surface area contributed by atoms with E-state index in [9.17, 15) is 4.79 Å². The van der Waals surface area contributed by atoms with Gasteiger partial charge in [0.05, 0.1) is 12.7 Å². The van der Waals surface area contributed by atoms with Crippen LogP contribution in [0.5, 0.6) is 0 Å². The van der Waals surface area contributed by atoms with Crippen molar-refractivity contribution in [2.45, 2.75) is 57.2 Å². The van der Waals surface area contributed by atoms with E-state index in [0.29, 0.717) is 31.2 Å². The highest BCUT2D eigenvalue weighted by molar-refractivity contribution is 5.96. The first-order chi connectivity index (χ1) is 13.7. The predicted molar refractivity (Wildman–Crippen MR) is 113 cm³/mol. The normalized spacial score (nSPS) is 27.6. The Labute approximate surface area is 168 Å². The van der Waals surface area contributed by atoms with Crippen LogP contribution in [0.25, 0.3) is 0 Å². The van der Waals surface area contributed by atoms with Crippen LogP contribution in [0.1, 0.15) is 39.0 Å². The van der Waals surface area contributed by atoms with Crippen LogP contribution < -0.4 is 15.5 Å². The molecule has 0 spiro atoms. The summed E-state index contributed by atoms with van der Waals surface area (Å²) in [5.41, 5.74) is 8.01. The maximum absolute atomic E-state index is 12.1. The van der Waals surface area contributed by atoms with Gasteiger partial charge < -0.3 is 20.3 Å². The molecule has 6 nitrogen and oxygen atoms in total. The number of rotatable bonds is 5. The second-order valence-corrected chi connectivity index (χ2v) is 8.45. The predicted octanol–water partition coefficient (Wildman–Crippen LogP) is 2.22. The fourth-order valence-electron chi connectivity index (χ4n) is 4.97. The molecular formula is C22H34N4O2. The largest absolute Gasteiger partial charge is 0.376 e. The lowest BCUT2D eigenvalue weighted by molar-refractivity contribution is -0.117. The molecule has 0 saturated carbocycles. The number of ether oxygens (including phenoxy) is 1. The summed E-state index contributed by atoms with van der Waals surface area (Å²) < 4.78 is 5.84. The van der Waals surface area contributed by atoms with Gasteiger partial charge in [-0.05, 0) is 63.4 Å². The van der Waals surface area contributed by atoms with E-state index in [1.807, 2.05) is 4.90 Å². The average Bonchev–Trinajstić information content (AvgIpc) is 3.07. The summed E-state index contributed by atoms with van der Waals surface area (Å²) in [7, 11) is 0. The van der Waals surface area contributed by atoms with Crippen molar-refractivity contribution < 1.29 is 9.53 Å². The van der Waals surface area contributed by atoms with E-state index in [4.69, 9.17) is 10.5 Å². The van der Waals surface area contributed by atoms with Crippen molar-refractivity contribution in [3.63, 3.8) is 0 Å². The third-order valence-electron chi connectivity index (χ3n) is 6.62. The lowest BCUT2D eigenvalue weighted by atomic mass is 10.0. The van der Waals surface area contributed by atoms with E-state index in [0.717, 1.165) is 51.3 Å². The van der Waals surface area contributed by atoms with Gasteiger partial charge in [0.1, 0.15) is 0 Å². The van der Waals surface area contributed by atoms with Crippen molar-refractivity contribution in [2.75, 3.05) is 49.1 Å². The number of carbonyl (C=O) groups excluding carboxylic acids is 1. The second-order valence-electron chi connectivity index (χ2n) is 8.45. The Morgan fingerprint density at radius 1 is 1.07 bits per heavy atom. The molecule has 3 heterocycles. The molecule has 1 aromatic rings. The van der Waals surface area contributed by atoms with Gasteiger partial charge >= 0.3 is 0 Å². The smallest absolute Gasteiger partial charge is 0.227 e. The van der Waals surface area contributed by atoms with E-state index in [2.05, 4.69) is 41.0 Å². The van der Waals surface area contributed by atoms with E-state index in [1.54, 1.807) is 0 Å². The van der Waals surface area contributed by atoms with Crippen LogP contribution in [0.4, 0.5) is 11.4 Å². The minimum atomic E-state index is 0.250. The van der Waals surface area contributed by atoms with Crippen LogP contribution in [0.15, 0.2) is 24.3 Å². The number of amides is 1. The number of nitrogens with two attached hydrogens (primary N) is 1. The number of benzene rings is 1. The van der Waals surface area contributed by atoms with Crippen LogP contribution in [0.3, 0.4) is 0 Å². The van der Waals surface area contributed by atoms with Gasteiger partial charge in [-0.25, -0.2) is 0 Å². The van der Waals surface area contributed by atoms with Crippen molar-refractivity contribution in [3.05, 3.63) is 24.3 Å². The van der Waals surface area contributed by atoms with Crippen molar-refractivity contribution in [2.24, 2.45) is 5.73 Å². The zero-order chi connectivity index (χ0) is 19.5. The summed E-state index contributed by atoms with van der Waals surface area (Å²) in [6.07, 6.45) is 5.28. The van der Waals surface area contributed by atoms with Crippen molar-refractivity contribution >= 4 is 17.3 Å². The molecule has 3 aliphatic rings. The number of hydrogen-bond acceptors (Lipinski definition) is 5. The van der Waals surface area contributed by atoms with Gasteiger partial charge in [-0.15, -0.1) is 0 Å². The minimum Gasteiger partial charge on any atom is -0.376 e. The summed E-state index contributed by atoms with van der Waals surface area (Å²) >= 11 is 0. The topological polar surface area (TPSA) is 62.0 Å². The molecule has 1 aromatic carbocycles. The number of nitrogens with zero attached hydrogens (tertiary/aromatic N) is 3. The Bertz CT molecular complexity index is 655. The lowest BCUT2D eigenvalue weighted by Crippen LogP contribution is -2.51. The Kier molecular flexibility index (Phi) is 6.19. The van der Waals surface area contributed by atoms with E-state index < -0.39 is 0 Å². The zero-order valence-corrected chi connectivity index (χ0v) is 17.1. The third kappa shape index (κ3) is 4.19. The molecule has 28 heavy (non-hydrogen) atoms. The molecule has 0 bridgehead atoms. The first kappa shape index (κ1) is 19.7. The van der Waals surface area contributed by atoms with E-state index in [-0.39, 0.29) is 5.91 Å². The Balaban J connectivity index is 1.32. The molecule has 1 amide bonds. The van der Waals surface area contributed by atoms with Crippen LogP contribution in [0.2, 0.25) is 0 Å². The lowest BCUT2D eigenvalue weighted by Gasteiger charge is -2.42. The quantitative estimate of drug-likeness (QED) is 0.841. The van der Waals surface area contributed by atoms with Crippen LogP contribution in [0, 0.1) is 0 Å². The molecule has 6 heteroatoms. The fourth-order valence-corrected chi connectivity index (χ4v) is 4.97. The molecule has 3 fully saturated rings. The molecule has 2 unspecified atom stereocenters. The molecule has 2 atom stereocenters. The molecular weight excluding hydrogens is 352 g/mol. The molecule has 0 radical (unpaired) electrons. The number of hydrogen-bond donors (Lipinski definition) is 1. The third-order valence-corrected chi connectivity index (χ3v) is 6.62. The van der Waals surface area contributed by atoms with Gasteiger partial charge in [0.25, 0.3) is 0 Å². The highest BCUT2D eigenvalue weighted by Gasteiger charge is 2.30. The maximum atomic E-state index is 12.1. The summed E-state index contributed by atoms with van der Waals surface area (Å²) in [5.74, 6) is 0.250. The summed E-state index contributed by atoms with van der Waals surface area (Å²) in [5, 5.41) is 0. The molecule has 0 aromatic heterocycles. The van der Waals surface area contributed by atoms with E-state index in [1.165, 1.54) is 18.5 Å². The van der Waals surface area contributed by atoms with Crippen molar-refractivity contribution in [3.8, 4) is 0 Å².